The van der Waals surface area contributed by atoms with Crippen LogP contribution in [-0.2, 0) is 0 Å². The molecule has 0 amide bonds. The first-order valence-electron chi connectivity index (χ1n) is 49.1. The Morgan fingerprint density at radius 2 is 0.310 bits per heavy atom. The smallest absolute Gasteiger partial charge is 0.0626 e. The van der Waals surface area contributed by atoms with Crippen LogP contribution >= 0.6 is 0 Å². The molecular weight excluding hydrogens is 1720 g/mol. The van der Waals surface area contributed by atoms with E-state index in [2.05, 4.69) is 537 Å². The maximum Gasteiger partial charge on any atom is 0.0626 e. The number of hydrogen-bond acceptors (Lipinski definition) is 0. The van der Waals surface area contributed by atoms with Gasteiger partial charge in [0.05, 0.1) is 66.2 Å². The largest absolute Gasteiger partial charge is 0.309 e. The van der Waals surface area contributed by atoms with Crippen LogP contribution in [0.3, 0.4) is 0 Å². The van der Waals surface area contributed by atoms with Gasteiger partial charge in [-0.25, -0.2) is 0 Å². The van der Waals surface area contributed by atoms with Gasteiger partial charge in [-0.15, -0.1) is 0 Å². The van der Waals surface area contributed by atoms with Crippen molar-refractivity contribution in [3.63, 3.8) is 0 Å². The minimum Gasteiger partial charge on any atom is -0.309 e. The number of aromatic nitrogens is 6. The Labute approximate surface area is 814 Å². The van der Waals surface area contributed by atoms with Gasteiger partial charge in [0.1, 0.15) is 0 Å². The molecule has 6 nitrogen and oxygen atoms in total. The third-order valence-corrected chi connectivity index (χ3v) is 30.6. The standard InChI is InChI=1S/C48H30N2.C46H28N2.C42H26N2/c1-2-12-36-33(11-1)25-30-40-37-13-3-4-16-41(37)48-47(46(36)40)42-17-7-10-20-45(42)50(48)35-28-23-32(24-29-35)31-21-26-34(27-22-31)49-43-18-8-5-14-38(43)39-15-6-9-19-44(39)49;1-3-13-33-30(12-1)22-28-42-43(33)38-17-7-9-19-40(38)47(42)31-23-25-32(26-24-31)48-41-20-10-8-18-39(41)45-44-34-14-4-2-11-29(34)21-27-36(44)35-15-5-6-16-37(35)46(45)48;1-2-15-30-27(12-1)24-25-34-31-16-3-4-19-35(31)42-41(40(30)34)36-20-7-10-23-39(36)44(42)29-14-11-13-28(26-29)43-37-21-8-5-17-32(37)33-18-6-9-22-38(33)43/h1-30H;1-28H;1-26H. The van der Waals surface area contributed by atoms with Crippen molar-refractivity contribution in [3.8, 4) is 45.3 Å². The Morgan fingerprint density at radius 3 is 0.641 bits per heavy atom. The SMILES string of the molecule is c1cc(-n2c3ccccc3c3ccccc32)cc(-n2c3ccccc3c3c4c5ccccc5ccc4c4ccccc4c32)c1.c1ccc2c(c1)ccc1c3ccccc3c3c(c4ccccc4n3-c3ccc(-c4ccc(-n5c6ccccc6c6ccccc65)cc4)cc3)c21.c1ccc2c(c1)ccc1c3ccccc3c3c(c4ccccc4n3-c3ccc(-n4c5ccccc5c5c6ccccc6ccc54)cc3)c21. The van der Waals surface area contributed by atoms with Crippen LogP contribution in [-0.4, -0.2) is 27.4 Å². The van der Waals surface area contributed by atoms with E-state index in [-0.39, 0.29) is 0 Å². The summed E-state index contributed by atoms with van der Waals surface area (Å²) in [4.78, 5) is 0. The third kappa shape index (κ3) is 11.7. The quantitative estimate of drug-likeness (QED) is 0.142. The summed E-state index contributed by atoms with van der Waals surface area (Å²) >= 11 is 0. The fourth-order valence-electron chi connectivity index (χ4n) is 24.7. The summed E-state index contributed by atoms with van der Waals surface area (Å²) in [5, 5.41) is 41.2. The van der Waals surface area contributed by atoms with Crippen LogP contribution in [0.5, 0.6) is 0 Å². The summed E-state index contributed by atoms with van der Waals surface area (Å²) in [5.41, 5.74) is 24.1. The Bertz CT molecular complexity index is 10900. The molecule has 658 valence electrons. The number of para-hydroxylation sites is 8. The molecule has 142 heavy (non-hydrogen) atoms. The van der Waals surface area contributed by atoms with Gasteiger partial charge < -0.3 is 27.4 Å². The number of rotatable bonds is 7. The van der Waals surface area contributed by atoms with Crippen LogP contribution in [0.4, 0.5) is 0 Å². The molecule has 26 aromatic carbocycles. The van der Waals surface area contributed by atoms with Gasteiger partial charge in [0.15, 0.2) is 0 Å². The molecule has 0 unspecified atom stereocenters. The van der Waals surface area contributed by atoms with E-state index >= 15 is 0 Å². The van der Waals surface area contributed by atoms with E-state index in [1.165, 1.54) is 255 Å². The van der Waals surface area contributed by atoms with E-state index in [0.717, 1.165) is 28.4 Å². The highest BCUT2D eigenvalue weighted by Crippen LogP contribution is 2.51. The molecule has 0 fully saturated rings. The summed E-state index contributed by atoms with van der Waals surface area (Å²) in [6.45, 7) is 0. The second-order valence-electron chi connectivity index (χ2n) is 37.9. The highest BCUT2D eigenvalue weighted by Gasteiger charge is 2.27. The lowest BCUT2D eigenvalue weighted by Gasteiger charge is -2.15. The van der Waals surface area contributed by atoms with E-state index in [1.54, 1.807) is 0 Å². The van der Waals surface area contributed by atoms with Crippen molar-refractivity contribution in [3.05, 3.63) is 510 Å². The predicted molar refractivity (Wildman–Crippen MR) is 606 cm³/mol. The summed E-state index contributed by atoms with van der Waals surface area (Å²) in [5.74, 6) is 0. The molecule has 0 atom stereocenters. The number of nitrogens with zero attached hydrogens (tertiary/aromatic N) is 6. The number of hydrogen-bond donors (Lipinski definition) is 0. The summed E-state index contributed by atoms with van der Waals surface area (Å²) < 4.78 is 14.6. The predicted octanol–water partition coefficient (Wildman–Crippen LogP) is 36.8. The van der Waals surface area contributed by atoms with Gasteiger partial charge in [0, 0.05) is 131 Å². The molecule has 6 heterocycles. The lowest BCUT2D eigenvalue weighted by molar-refractivity contribution is 1.14. The zero-order valence-electron chi connectivity index (χ0n) is 77.2. The summed E-state index contributed by atoms with van der Waals surface area (Å²) in [7, 11) is 0. The maximum atomic E-state index is 2.49. The van der Waals surface area contributed by atoms with Crippen LogP contribution in [0.15, 0.2) is 510 Å². The van der Waals surface area contributed by atoms with Gasteiger partial charge in [0.25, 0.3) is 0 Å². The van der Waals surface area contributed by atoms with E-state index in [9.17, 15) is 0 Å². The molecule has 6 heteroatoms. The Morgan fingerprint density at radius 1 is 0.0986 bits per heavy atom. The van der Waals surface area contributed by atoms with E-state index in [4.69, 9.17) is 0 Å². The fourth-order valence-corrected chi connectivity index (χ4v) is 24.7. The molecule has 32 aromatic rings. The van der Waals surface area contributed by atoms with Gasteiger partial charge in [-0.05, 0) is 208 Å². The molecule has 0 aliphatic carbocycles. The molecular formula is C136H84N6. The van der Waals surface area contributed by atoms with Crippen molar-refractivity contribution in [2.75, 3.05) is 0 Å². The second kappa shape index (κ2) is 31.3. The van der Waals surface area contributed by atoms with Crippen molar-refractivity contribution in [1.82, 2.24) is 27.4 Å². The van der Waals surface area contributed by atoms with Crippen LogP contribution in [0.2, 0.25) is 0 Å². The molecule has 0 N–H and O–H groups in total. The van der Waals surface area contributed by atoms with Gasteiger partial charge in [0.2, 0.25) is 0 Å². The minimum absolute atomic E-state index is 1.15. The molecule has 0 saturated heterocycles. The zero-order chi connectivity index (χ0) is 92.9. The Hall–Kier alpha value is -18.9. The first kappa shape index (κ1) is 79.3. The van der Waals surface area contributed by atoms with Crippen LogP contribution in [0.1, 0.15) is 0 Å². The first-order chi connectivity index (χ1) is 70.5. The molecule has 0 aliphatic rings. The molecule has 32 rings (SSSR count). The molecule has 0 radical (unpaired) electrons. The first-order valence-corrected chi connectivity index (χ1v) is 49.1. The van der Waals surface area contributed by atoms with Crippen LogP contribution in [0, 0.1) is 0 Å². The summed E-state index contributed by atoms with van der Waals surface area (Å²) in [6.07, 6.45) is 0. The van der Waals surface area contributed by atoms with Crippen LogP contribution < -0.4 is 0 Å². The molecule has 0 spiro atoms. The number of benzene rings is 26. The highest BCUT2D eigenvalue weighted by atomic mass is 15.0. The third-order valence-electron chi connectivity index (χ3n) is 30.6. The molecule has 6 aromatic heterocycles. The van der Waals surface area contributed by atoms with Crippen molar-refractivity contribution in [2.45, 2.75) is 0 Å². The van der Waals surface area contributed by atoms with E-state index in [1.807, 2.05) is 0 Å². The van der Waals surface area contributed by atoms with Crippen molar-refractivity contribution < 1.29 is 0 Å². The Balaban J connectivity index is 0.0000000998. The van der Waals surface area contributed by atoms with Crippen molar-refractivity contribution in [2.24, 2.45) is 0 Å². The molecule has 0 bridgehead atoms. The summed E-state index contributed by atoms with van der Waals surface area (Å²) in [6, 6.07) is 187. The van der Waals surface area contributed by atoms with E-state index in [0.29, 0.717) is 0 Å². The topological polar surface area (TPSA) is 29.6 Å². The van der Waals surface area contributed by atoms with E-state index < -0.39 is 0 Å². The van der Waals surface area contributed by atoms with Gasteiger partial charge in [-0.3, -0.25) is 0 Å². The fraction of sp³-hybridized carbons (Fsp3) is 0. The normalized spacial score (nSPS) is 12.1. The Kier molecular flexibility index (Phi) is 17.5. The monoisotopic (exact) mass is 1800 g/mol. The van der Waals surface area contributed by atoms with Crippen molar-refractivity contribution in [1.29, 1.82) is 0 Å². The zero-order valence-corrected chi connectivity index (χ0v) is 77.2. The lowest BCUT2D eigenvalue weighted by atomic mass is 9.93. The average Bonchev–Trinajstić information content (AvgIpc) is 1.54. The van der Waals surface area contributed by atoms with Gasteiger partial charge >= 0.3 is 0 Å². The minimum atomic E-state index is 1.15. The van der Waals surface area contributed by atoms with Crippen LogP contribution in [0.25, 0.3) is 284 Å². The van der Waals surface area contributed by atoms with Gasteiger partial charge in [-0.1, -0.05) is 388 Å². The maximum absolute atomic E-state index is 2.49. The highest BCUT2D eigenvalue weighted by molar-refractivity contribution is 6.40. The second-order valence-corrected chi connectivity index (χ2v) is 37.9. The molecule has 0 aliphatic heterocycles. The lowest BCUT2D eigenvalue weighted by Crippen LogP contribution is -1.99. The van der Waals surface area contributed by atoms with Gasteiger partial charge in [-0.2, -0.15) is 0 Å². The molecule has 0 saturated carbocycles. The average molecular weight is 1800 g/mol. The number of fused-ring (bicyclic) bond motifs is 41. The van der Waals surface area contributed by atoms with Crippen molar-refractivity contribution >= 4 is 239 Å².